The fourth-order valence-corrected chi connectivity index (χ4v) is 6.04. The molecule has 8 heteroatoms. The minimum absolute atomic E-state index is 0.0591. The van der Waals surface area contributed by atoms with Crippen LogP contribution in [0.5, 0.6) is 5.75 Å². The van der Waals surface area contributed by atoms with Gasteiger partial charge in [0.25, 0.3) is 0 Å². The lowest BCUT2D eigenvalue weighted by Gasteiger charge is -2.27. The summed E-state index contributed by atoms with van der Waals surface area (Å²) in [5.74, 6) is 0.240. The van der Waals surface area contributed by atoms with Crippen molar-refractivity contribution in [1.82, 2.24) is 9.29 Å². The third-order valence-electron chi connectivity index (χ3n) is 6.01. The molecule has 1 fully saturated rings. The number of nitrogens with zero attached hydrogens (tertiary/aromatic N) is 1. The quantitative estimate of drug-likeness (QED) is 0.517. The van der Waals surface area contributed by atoms with Gasteiger partial charge in [-0.2, -0.15) is 4.31 Å². The first-order valence-corrected chi connectivity index (χ1v) is 12.3. The van der Waals surface area contributed by atoms with Gasteiger partial charge in [0, 0.05) is 40.9 Å². The van der Waals surface area contributed by atoms with E-state index in [0.717, 1.165) is 35.9 Å². The minimum Gasteiger partial charge on any atom is -0.495 e. The van der Waals surface area contributed by atoms with Gasteiger partial charge in [0.05, 0.1) is 13.2 Å². The van der Waals surface area contributed by atoms with Gasteiger partial charge in [-0.3, -0.25) is 4.79 Å². The highest BCUT2D eigenvalue weighted by atomic mass is 32.2. The number of fused-ring (bicyclic) bond motifs is 1. The van der Waals surface area contributed by atoms with Gasteiger partial charge in [-0.1, -0.05) is 24.6 Å². The van der Waals surface area contributed by atoms with Crippen LogP contribution in [0.4, 0.5) is 5.69 Å². The van der Waals surface area contributed by atoms with Crippen molar-refractivity contribution in [2.24, 2.45) is 0 Å². The number of methoxy groups -OCH3 is 1. The summed E-state index contributed by atoms with van der Waals surface area (Å²) >= 11 is 0. The molecule has 0 amide bonds. The number of piperidine rings is 1. The first kappa shape index (κ1) is 22.4. The maximum atomic E-state index is 13.3. The van der Waals surface area contributed by atoms with Gasteiger partial charge >= 0.3 is 0 Å². The second-order valence-corrected chi connectivity index (χ2v) is 10.1. The monoisotopic (exact) mass is 455 g/mol. The topological polar surface area (TPSA) is 91.5 Å². The first-order chi connectivity index (χ1) is 15.3. The second kappa shape index (κ2) is 8.96. The number of aromatic amines is 1. The van der Waals surface area contributed by atoms with Crippen LogP contribution in [0, 0.1) is 6.92 Å². The Hall–Kier alpha value is -2.84. The number of H-pyrrole nitrogens is 1. The maximum absolute atomic E-state index is 13.3. The molecule has 2 aromatic carbocycles. The number of nitrogens with one attached hydrogen (secondary N) is 2. The van der Waals surface area contributed by atoms with Crippen LogP contribution in [-0.2, 0) is 10.0 Å². The molecular formula is C24H29N3O4S. The third-order valence-corrected chi connectivity index (χ3v) is 7.93. The first-order valence-electron chi connectivity index (χ1n) is 10.9. The Labute approximate surface area is 188 Å². The molecule has 2 N–H and O–H groups in total. The standard InChI is InChI=1S/C24H29N3O4S/c1-16-23(19-9-5-6-10-20(19)26-16)24(28)17(2)25-18-11-12-21(31-3)22(15-18)32(29,30)27-13-7-4-8-14-27/h5-6,9-12,15,17,25-26H,4,7-8,13-14H2,1-3H3. The molecule has 1 aliphatic heterocycles. The number of anilines is 1. The van der Waals surface area contributed by atoms with Gasteiger partial charge in [-0.15, -0.1) is 0 Å². The lowest BCUT2D eigenvalue weighted by atomic mass is 10.0. The highest BCUT2D eigenvalue weighted by Crippen LogP contribution is 2.32. The molecule has 1 saturated heterocycles. The third kappa shape index (κ3) is 4.12. The number of ketones is 1. The highest BCUT2D eigenvalue weighted by molar-refractivity contribution is 7.89. The summed E-state index contributed by atoms with van der Waals surface area (Å²) in [6.07, 6.45) is 2.75. The Morgan fingerprint density at radius 2 is 1.84 bits per heavy atom. The van der Waals surface area contributed by atoms with Crippen molar-refractivity contribution in [3.05, 3.63) is 53.7 Å². The number of aryl methyl sites for hydroxylation is 1. The number of sulfonamides is 1. The molecule has 1 unspecified atom stereocenters. The van der Waals surface area contributed by atoms with Crippen molar-refractivity contribution in [2.75, 3.05) is 25.5 Å². The molecule has 0 radical (unpaired) electrons. The van der Waals surface area contributed by atoms with Crippen LogP contribution in [0.25, 0.3) is 10.9 Å². The number of benzene rings is 2. The van der Waals surface area contributed by atoms with Crippen LogP contribution >= 0.6 is 0 Å². The average Bonchev–Trinajstić information content (AvgIpc) is 3.14. The summed E-state index contributed by atoms with van der Waals surface area (Å²) in [5.41, 5.74) is 2.93. The van der Waals surface area contributed by atoms with Crippen LogP contribution in [-0.4, -0.2) is 49.7 Å². The number of rotatable bonds is 7. The molecule has 32 heavy (non-hydrogen) atoms. The molecule has 1 aliphatic rings. The normalized spacial score (nSPS) is 16.1. The van der Waals surface area contributed by atoms with Gasteiger partial charge < -0.3 is 15.0 Å². The fraction of sp³-hybridized carbons (Fsp3) is 0.375. The Morgan fingerprint density at radius 3 is 2.56 bits per heavy atom. The van der Waals surface area contributed by atoms with Crippen LogP contribution < -0.4 is 10.1 Å². The molecule has 0 aliphatic carbocycles. The summed E-state index contributed by atoms with van der Waals surface area (Å²) < 4.78 is 33.4. The number of aromatic nitrogens is 1. The van der Waals surface area contributed by atoms with Crippen molar-refractivity contribution in [3.8, 4) is 5.75 Å². The van der Waals surface area contributed by atoms with Gasteiger partial charge in [0.1, 0.15) is 10.6 Å². The lowest BCUT2D eigenvalue weighted by Crippen LogP contribution is -2.35. The summed E-state index contributed by atoms with van der Waals surface area (Å²) in [7, 11) is -2.22. The highest BCUT2D eigenvalue weighted by Gasteiger charge is 2.29. The Bertz CT molecular complexity index is 1240. The van der Waals surface area contributed by atoms with Crippen molar-refractivity contribution in [2.45, 2.75) is 44.0 Å². The van der Waals surface area contributed by atoms with E-state index < -0.39 is 16.1 Å². The zero-order valence-electron chi connectivity index (χ0n) is 18.6. The van der Waals surface area contributed by atoms with Gasteiger partial charge in [-0.05, 0) is 51.0 Å². The summed E-state index contributed by atoms with van der Waals surface area (Å²) in [6.45, 7) is 4.69. The van der Waals surface area contributed by atoms with Crippen LogP contribution in [0.3, 0.4) is 0 Å². The van der Waals surface area contributed by atoms with Crippen LogP contribution in [0.1, 0.15) is 42.2 Å². The van der Waals surface area contributed by atoms with E-state index in [-0.39, 0.29) is 10.7 Å². The number of carbonyl (C=O) groups excluding carboxylic acids is 1. The van der Waals surface area contributed by atoms with Crippen molar-refractivity contribution < 1.29 is 17.9 Å². The molecular weight excluding hydrogens is 426 g/mol. The van der Waals surface area contributed by atoms with E-state index >= 15 is 0 Å². The van der Waals surface area contributed by atoms with Crippen molar-refractivity contribution in [3.63, 3.8) is 0 Å². The smallest absolute Gasteiger partial charge is 0.246 e. The zero-order valence-corrected chi connectivity index (χ0v) is 19.5. The van der Waals surface area contributed by atoms with Crippen molar-refractivity contribution in [1.29, 1.82) is 0 Å². The van der Waals surface area contributed by atoms with E-state index in [9.17, 15) is 13.2 Å². The van der Waals surface area contributed by atoms with Gasteiger partial charge in [0.15, 0.2) is 5.78 Å². The average molecular weight is 456 g/mol. The van der Waals surface area contributed by atoms with E-state index in [4.69, 9.17) is 4.74 Å². The Balaban J connectivity index is 1.62. The van der Waals surface area contributed by atoms with E-state index in [2.05, 4.69) is 10.3 Å². The van der Waals surface area contributed by atoms with Crippen LogP contribution in [0.2, 0.25) is 0 Å². The zero-order chi connectivity index (χ0) is 22.9. The Morgan fingerprint density at radius 1 is 1.12 bits per heavy atom. The molecule has 1 aromatic heterocycles. The van der Waals surface area contributed by atoms with Crippen molar-refractivity contribution >= 4 is 32.4 Å². The molecule has 1 atom stereocenters. The number of carbonyl (C=O) groups is 1. The fourth-order valence-electron chi connectivity index (χ4n) is 4.34. The van der Waals surface area contributed by atoms with Gasteiger partial charge in [-0.25, -0.2) is 8.42 Å². The number of hydrogen-bond acceptors (Lipinski definition) is 5. The number of Topliss-reactive ketones (excluding diaryl/α,β-unsaturated/α-hetero) is 1. The predicted octanol–water partition coefficient (Wildman–Crippen LogP) is 4.34. The summed E-state index contributed by atoms with van der Waals surface area (Å²) in [5, 5.41) is 4.07. The number of hydrogen-bond donors (Lipinski definition) is 2. The van der Waals surface area contributed by atoms with E-state index in [1.807, 2.05) is 31.2 Å². The molecule has 0 bridgehead atoms. The van der Waals surface area contributed by atoms with E-state index in [0.29, 0.717) is 30.1 Å². The molecule has 3 aromatic rings. The maximum Gasteiger partial charge on any atom is 0.246 e. The molecule has 170 valence electrons. The number of ether oxygens (including phenoxy) is 1. The Kier molecular flexibility index (Phi) is 6.26. The van der Waals surface area contributed by atoms with Crippen LogP contribution in [0.15, 0.2) is 47.4 Å². The number of para-hydroxylation sites is 1. The molecule has 2 heterocycles. The molecule has 7 nitrogen and oxygen atoms in total. The molecule has 0 saturated carbocycles. The van der Waals surface area contributed by atoms with E-state index in [1.165, 1.54) is 11.4 Å². The minimum atomic E-state index is -3.68. The molecule has 0 spiro atoms. The van der Waals surface area contributed by atoms with E-state index in [1.54, 1.807) is 25.1 Å². The SMILES string of the molecule is COc1ccc(NC(C)C(=O)c2c(C)[nH]c3ccccc23)cc1S(=O)(=O)N1CCCCC1. The second-order valence-electron chi connectivity index (χ2n) is 8.23. The summed E-state index contributed by atoms with van der Waals surface area (Å²) in [4.78, 5) is 16.6. The lowest BCUT2D eigenvalue weighted by molar-refractivity contribution is 0.0976. The predicted molar refractivity (Wildman–Crippen MR) is 126 cm³/mol. The largest absolute Gasteiger partial charge is 0.495 e. The summed E-state index contributed by atoms with van der Waals surface area (Å²) in [6, 6.07) is 12.1. The van der Waals surface area contributed by atoms with Gasteiger partial charge in [0.2, 0.25) is 10.0 Å². The molecule has 4 rings (SSSR count).